The second-order valence-electron chi connectivity index (χ2n) is 33.7. The lowest BCUT2D eigenvalue weighted by atomic mass is 9.89. The maximum Gasteiger partial charge on any atom is 0.0431 e. The first-order valence-corrected chi connectivity index (χ1v) is 31.8. The van der Waals surface area contributed by atoms with Crippen LogP contribution in [0.2, 0.25) is 0 Å². The Balaban J connectivity index is -0.000000120. The van der Waals surface area contributed by atoms with Crippen LogP contribution in [0, 0.1) is 49.2 Å². The lowest BCUT2D eigenvalue weighted by Gasteiger charge is -2.34. The number of rotatable bonds is 13. The standard InChI is InChI=1S/C11H23N.C10H21N.C9H19N.C9H20O.C8H19N.C8H18.C7H17N.C7H16.3CH4/c1-10-5-7-12(8-6-10)9-11(2,3)4;1-10(2,3)9-11-7-5-4-6-8-11;1-9(2,3)8-10-6-4-5-7-10;1-9(2,3)7-5-4-6-8-10;1-6-9(5)7-8(2,3)4;1-5-6-7-8(2,3)4;1-7(2,3)6-8(4)5;1-5-6-7(2,3)4;;;/h10H,5-9H2,1-4H3;4-9H2,1-3H3;4-8H2,1-3H3;10H,4-8H2,1-3H3;6-7H2,1-5H3;5-7H2,1-4H3;6H2,1-5H3;5-6H2,1-4H3;3*1H4. The third-order valence-electron chi connectivity index (χ3n) is 12.6. The van der Waals surface area contributed by atoms with Gasteiger partial charge in [0.15, 0.2) is 0 Å². The molecule has 78 heavy (non-hydrogen) atoms. The fraction of sp³-hybridized carbons (Fsp3) is 1.00. The van der Waals surface area contributed by atoms with Gasteiger partial charge in [0.05, 0.1) is 0 Å². The van der Waals surface area contributed by atoms with E-state index in [9.17, 15) is 0 Å². The van der Waals surface area contributed by atoms with E-state index in [4.69, 9.17) is 5.11 Å². The van der Waals surface area contributed by atoms with E-state index < -0.39 is 0 Å². The van der Waals surface area contributed by atoms with E-state index in [0.29, 0.717) is 49.9 Å². The summed E-state index contributed by atoms with van der Waals surface area (Å²) in [4.78, 5) is 12.3. The molecule has 0 amide bonds. The van der Waals surface area contributed by atoms with Crippen molar-refractivity contribution in [3.05, 3.63) is 0 Å². The van der Waals surface area contributed by atoms with Crippen LogP contribution in [0.25, 0.3) is 0 Å². The Morgan fingerprint density at radius 2 is 0.692 bits per heavy atom. The normalized spacial score (nSPS) is 16.1. The van der Waals surface area contributed by atoms with E-state index in [-0.39, 0.29) is 22.3 Å². The molecule has 3 aliphatic heterocycles. The van der Waals surface area contributed by atoms with Crippen molar-refractivity contribution in [2.24, 2.45) is 49.2 Å². The zero-order chi connectivity index (χ0) is 60.0. The molecule has 6 heteroatoms. The van der Waals surface area contributed by atoms with Crippen LogP contribution in [0.15, 0.2) is 0 Å². The minimum atomic E-state index is 0. The van der Waals surface area contributed by atoms with Crippen molar-refractivity contribution >= 4 is 0 Å². The van der Waals surface area contributed by atoms with Crippen molar-refractivity contribution in [2.45, 2.75) is 319 Å². The van der Waals surface area contributed by atoms with Gasteiger partial charge in [-0.2, -0.15) is 0 Å². The van der Waals surface area contributed by atoms with E-state index in [2.05, 4.69) is 240 Å². The molecule has 0 saturated carbocycles. The SMILES string of the molecule is C.C.C.CC(C)(C)CCCCCO.CC(C)(C)CN1CCCC1.CC(C)(C)CN1CCCCC1.CC1CCN(CC(C)(C)C)CC1.CCCC(C)(C)C.CCCCC(C)(C)C.CCN(C)CC(C)(C)C.CN(C)CC(C)(C)C. The van der Waals surface area contributed by atoms with E-state index in [1.54, 1.807) is 0 Å². The number of aliphatic hydroxyl groups is 1. The van der Waals surface area contributed by atoms with Crippen LogP contribution in [-0.2, 0) is 0 Å². The summed E-state index contributed by atoms with van der Waals surface area (Å²) in [5.41, 5.74) is 3.91. The maximum atomic E-state index is 8.50. The first kappa shape index (κ1) is 94.1. The second-order valence-corrected chi connectivity index (χ2v) is 33.7. The highest BCUT2D eigenvalue weighted by molar-refractivity contribution is 4.76. The summed E-state index contributed by atoms with van der Waals surface area (Å²) < 4.78 is 0. The van der Waals surface area contributed by atoms with Crippen molar-refractivity contribution in [2.75, 3.05) is 106 Å². The monoisotopic (exact) mass is 1120 g/mol. The van der Waals surface area contributed by atoms with Gasteiger partial charge in [0.1, 0.15) is 0 Å². The molecule has 3 fully saturated rings. The van der Waals surface area contributed by atoms with Gasteiger partial charge in [0, 0.05) is 39.3 Å². The summed E-state index contributed by atoms with van der Waals surface area (Å²) in [5.74, 6) is 0.959. The van der Waals surface area contributed by atoms with Crippen molar-refractivity contribution in [1.82, 2.24) is 24.5 Å². The van der Waals surface area contributed by atoms with Crippen molar-refractivity contribution < 1.29 is 5.11 Å². The Bertz CT molecular complexity index is 1180. The van der Waals surface area contributed by atoms with Gasteiger partial charge in [-0.25, -0.2) is 0 Å². The Labute approximate surface area is 501 Å². The van der Waals surface area contributed by atoms with Crippen LogP contribution in [0.5, 0.6) is 0 Å². The molecule has 3 heterocycles. The van der Waals surface area contributed by atoms with Crippen LogP contribution < -0.4 is 0 Å². The van der Waals surface area contributed by atoms with E-state index >= 15 is 0 Å². The molecule has 0 atom stereocenters. The van der Waals surface area contributed by atoms with Gasteiger partial charge in [-0.3, -0.25) is 0 Å². The predicted molar refractivity (Wildman–Crippen MR) is 368 cm³/mol. The van der Waals surface area contributed by atoms with Crippen LogP contribution in [0.1, 0.15) is 319 Å². The molecule has 484 valence electrons. The van der Waals surface area contributed by atoms with Crippen molar-refractivity contribution in [3.63, 3.8) is 0 Å². The number of hydrogen-bond donors (Lipinski definition) is 1. The predicted octanol–water partition coefficient (Wildman–Crippen LogP) is 21.5. The molecule has 3 rings (SSSR count). The average molecular weight is 1120 g/mol. The summed E-state index contributed by atoms with van der Waals surface area (Å²) in [5, 5.41) is 8.50. The van der Waals surface area contributed by atoms with Crippen LogP contribution in [-0.4, -0.2) is 136 Å². The Morgan fingerprint density at radius 3 is 0.897 bits per heavy atom. The molecule has 3 aliphatic rings. The molecule has 0 aliphatic carbocycles. The number of nitrogens with zero attached hydrogens (tertiary/aromatic N) is 5. The minimum absolute atomic E-state index is 0. The topological polar surface area (TPSA) is 36.4 Å². The van der Waals surface area contributed by atoms with Gasteiger partial charge in [0.2, 0.25) is 0 Å². The summed E-state index contributed by atoms with van der Waals surface area (Å²) in [6, 6.07) is 0. The smallest absolute Gasteiger partial charge is 0.0431 e. The minimum Gasteiger partial charge on any atom is -0.396 e. The number of likely N-dealkylation sites (tertiary alicyclic amines) is 3. The molecule has 0 aromatic rings. The number of hydrogen-bond acceptors (Lipinski definition) is 6. The fourth-order valence-corrected chi connectivity index (χ4v) is 9.56. The molecule has 0 bridgehead atoms. The fourth-order valence-electron chi connectivity index (χ4n) is 9.56. The zero-order valence-corrected chi connectivity index (χ0v) is 58.8. The third-order valence-corrected chi connectivity index (χ3v) is 12.6. The highest BCUT2D eigenvalue weighted by atomic mass is 16.2. The Morgan fingerprint density at radius 1 is 0.372 bits per heavy atom. The highest BCUT2D eigenvalue weighted by Gasteiger charge is 2.22. The van der Waals surface area contributed by atoms with E-state index in [0.717, 1.165) is 25.4 Å². The molecule has 6 nitrogen and oxygen atoms in total. The van der Waals surface area contributed by atoms with Gasteiger partial charge >= 0.3 is 0 Å². The highest BCUT2D eigenvalue weighted by Crippen LogP contribution is 2.25. The maximum absolute atomic E-state index is 8.50. The lowest BCUT2D eigenvalue weighted by molar-refractivity contribution is 0.141. The molecular formula is C72H165N5O. The van der Waals surface area contributed by atoms with Gasteiger partial charge in [-0.1, -0.05) is 255 Å². The number of unbranched alkanes of at least 4 members (excludes halogenated alkanes) is 3. The second kappa shape index (κ2) is 49.1. The Hall–Kier alpha value is -0.240. The summed E-state index contributed by atoms with van der Waals surface area (Å²) >= 11 is 0. The molecule has 0 unspecified atom stereocenters. The molecule has 0 aromatic carbocycles. The molecule has 0 radical (unpaired) electrons. The van der Waals surface area contributed by atoms with E-state index in [1.165, 1.54) is 162 Å². The molecule has 0 aromatic heterocycles. The summed E-state index contributed by atoms with van der Waals surface area (Å²) in [7, 11) is 6.36. The van der Waals surface area contributed by atoms with E-state index in [1.807, 2.05) is 0 Å². The zero-order valence-electron chi connectivity index (χ0n) is 58.8. The van der Waals surface area contributed by atoms with Crippen molar-refractivity contribution in [1.29, 1.82) is 0 Å². The summed E-state index contributed by atoms with van der Waals surface area (Å²) in [6.45, 7) is 79.5. The lowest BCUT2D eigenvalue weighted by Crippen LogP contribution is -2.38. The van der Waals surface area contributed by atoms with Gasteiger partial charge < -0.3 is 29.6 Å². The van der Waals surface area contributed by atoms with Crippen LogP contribution >= 0.6 is 0 Å². The molecule has 3 saturated heterocycles. The average Bonchev–Trinajstić information content (AvgIpc) is 3.70. The van der Waals surface area contributed by atoms with Crippen LogP contribution in [0.3, 0.4) is 0 Å². The summed E-state index contributed by atoms with van der Waals surface area (Å²) in [6.07, 6.45) is 21.3. The number of aliphatic hydroxyl groups excluding tert-OH is 1. The first-order chi connectivity index (χ1) is 33.7. The molecule has 0 spiro atoms. The van der Waals surface area contributed by atoms with Gasteiger partial charge in [0.25, 0.3) is 0 Å². The number of piperidine rings is 2. The van der Waals surface area contributed by atoms with Gasteiger partial charge in [-0.05, 0) is 180 Å². The first-order valence-electron chi connectivity index (χ1n) is 31.8. The van der Waals surface area contributed by atoms with Gasteiger partial charge in [-0.15, -0.1) is 0 Å². The van der Waals surface area contributed by atoms with Crippen molar-refractivity contribution in [3.8, 4) is 0 Å². The molecular weight excluding hydrogens is 951 g/mol. The third kappa shape index (κ3) is 92.2. The Kier molecular flexibility index (Phi) is 59.2. The quantitative estimate of drug-likeness (QED) is 0.185. The largest absolute Gasteiger partial charge is 0.396 e. The van der Waals surface area contributed by atoms with Crippen LogP contribution in [0.4, 0.5) is 0 Å². The molecule has 1 N–H and O–H groups in total.